The van der Waals surface area contributed by atoms with Crippen molar-refractivity contribution in [2.24, 2.45) is 4.99 Å². The fourth-order valence-corrected chi connectivity index (χ4v) is 2.36. The molecule has 58 valence electrons. The van der Waals surface area contributed by atoms with Gasteiger partial charge in [-0.15, -0.1) is 11.3 Å². The van der Waals surface area contributed by atoms with E-state index in [1.54, 1.807) is 0 Å². The first-order valence-electron chi connectivity index (χ1n) is 4.04. The van der Waals surface area contributed by atoms with E-state index in [-0.39, 0.29) is 0 Å². The average Bonchev–Trinajstić information content (AvgIpc) is 2.46. The lowest BCUT2D eigenvalue weighted by Crippen LogP contribution is -1.87. The highest BCUT2D eigenvalue weighted by Gasteiger charge is 2.08. The van der Waals surface area contributed by atoms with Crippen molar-refractivity contribution in [3.8, 4) is 0 Å². The Bertz CT molecular complexity index is 286. The van der Waals surface area contributed by atoms with Gasteiger partial charge in [0.25, 0.3) is 0 Å². The van der Waals surface area contributed by atoms with Crippen LogP contribution in [0.4, 0.5) is 5.69 Å². The summed E-state index contributed by atoms with van der Waals surface area (Å²) in [5.74, 6) is 0. The predicted molar refractivity (Wildman–Crippen MR) is 50.2 cm³/mol. The van der Waals surface area contributed by atoms with E-state index in [0.29, 0.717) is 0 Å². The molecule has 0 saturated heterocycles. The third-order valence-corrected chi connectivity index (χ3v) is 3.25. The molecule has 0 aromatic carbocycles. The molecule has 11 heavy (non-hydrogen) atoms. The number of aryl methyl sites for hydroxylation is 2. The Balaban J connectivity index is 2.42. The fourth-order valence-electron chi connectivity index (χ4n) is 1.29. The number of hydrogen-bond acceptors (Lipinski definition) is 2. The number of aliphatic imine (C=N–C) groups is 1. The summed E-state index contributed by atoms with van der Waals surface area (Å²) < 4.78 is 0. The number of hydrogen-bond donors (Lipinski definition) is 0. The third kappa shape index (κ3) is 1.23. The van der Waals surface area contributed by atoms with Crippen molar-refractivity contribution in [3.63, 3.8) is 0 Å². The normalized spacial score (nSPS) is 15.0. The lowest BCUT2D eigenvalue weighted by Gasteiger charge is -2.00. The van der Waals surface area contributed by atoms with E-state index in [1.807, 2.05) is 17.6 Å². The van der Waals surface area contributed by atoms with Crippen LogP contribution in [0, 0.1) is 0 Å². The Hall–Kier alpha value is -0.630. The second kappa shape index (κ2) is 2.78. The molecule has 0 spiro atoms. The Morgan fingerprint density at radius 1 is 1.64 bits per heavy atom. The van der Waals surface area contributed by atoms with Crippen LogP contribution in [0.1, 0.15) is 23.1 Å². The Labute approximate surface area is 70.8 Å². The van der Waals surface area contributed by atoms with Gasteiger partial charge in [0.1, 0.15) is 0 Å². The number of rotatable bonds is 1. The molecule has 0 amide bonds. The molecule has 1 aromatic rings. The first-order valence-corrected chi connectivity index (χ1v) is 4.86. The summed E-state index contributed by atoms with van der Waals surface area (Å²) in [7, 11) is 0. The Morgan fingerprint density at radius 3 is 3.27 bits per heavy atom. The lowest BCUT2D eigenvalue weighted by atomic mass is 10.2. The minimum absolute atomic E-state index is 1.12. The smallest absolute Gasteiger partial charge is 0.0767 e. The van der Waals surface area contributed by atoms with Gasteiger partial charge in [0.15, 0.2) is 0 Å². The van der Waals surface area contributed by atoms with E-state index in [4.69, 9.17) is 0 Å². The Kier molecular flexibility index (Phi) is 1.78. The minimum atomic E-state index is 1.12. The van der Waals surface area contributed by atoms with Gasteiger partial charge in [-0.3, -0.25) is 4.99 Å². The molecule has 0 bridgehead atoms. The summed E-state index contributed by atoms with van der Waals surface area (Å²) >= 11 is 1.92. The van der Waals surface area contributed by atoms with Gasteiger partial charge in [0, 0.05) is 16.0 Å². The molecule has 0 saturated carbocycles. The van der Waals surface area contributed by atoms with Gasteiger partial charge >= 0.3 is 0 Å². The number of fused-ring (bicyclic) bond motifs is 1. The molecular weight excluding hydrogens is 154 g/mol. The summed E-state index contributed by atoms with van der Waals surface area (Å²) in [5.41, 5.74) is 1.22. The highest BCUT2D eigenvalue weighted by atomic mass is 32.1. The molecule has 1 nitrogen and oxygen atoms in total. The second-order valence-corrected chi connectivity index (χ2v) is 3.95. The van der Waals surface area contributed by atoms with Gasteiger partial charge < -0.3 is 0 Å². The molecule has 2 heterocycles. The molecule has 1 aromatic heterocycles. The molecule has 0 fully saturated rings. The molecule has 0 atom stereocenters. The summed E-state index contributed by atoms with van der Waals surface area (Å²) in [5, 5.41) is 0. The largest absolute Gasteiger partial charge is 0.260 e. The van der Waals surface area contributed by atoms with Gasteiger partial charge in [-0.05, 0) is 25.3 Å². The van der Waals surface area contributed by atoms with Crippen LogP contribution < -0.4 is 0 Å². The van der Waals surface area contributed by atoms with Crippen LogP contribution in [0.3, 0.4) is 0 Å². The van der Waals surface area contributed by atoms with Crippen molar-refractivity contribution in [2.75, 3.05) is 0 Å². The zero-order valence-electron chi connectivity index (χ0n) is 6.63. The van der Waals surface area contributed by atoms with Gasteiger partial charge in [-0.25, -0.2) is 0 Å². The molecule has 0 unspecified atom stereocenters. The van der Waals surface area contributed by atoms with Crippen molar-refractivity contribution in [3.05, 3.63) is 15.8 Å². The van der Waals surface area contributed by atoms with Crippen molar-refractivity contribution in [1.82, 2.24) is 0 Å². The van der Waals surface area contributed by atoms with Crippen molar-refractivity contribution >= 4 is 23.2 Å². The zero-order chi connectivity index (χ0) is 7.68. The monoisotopic (exact) mass is 165 g/mol. The maximum atomic E-state index is 4.35. The summed E-state index contributed by atoms with van der Waals surface area (Å²) in [6, 6.07) is 2.22. The number of nitrogens with zero attached hydrogens (tertiary/aromatic N) is 1. The second-order valence-electron chi connectivity index (χ2n) is 2.73. The van der Waals surface area contributed by atoms with E-state index < -0.39 is 0 Å². The maximum Gasteiger partial charge on any atom is 0.0767 e. The zero-order valence-corrected chi connectivity index (χ0v) is 7.45. The van der Waals surface area contributed by atoms with Crippen LogP contribution in [-0.2, 0) is 12.8 Å². The van der Waals surface area contributed by atoms with Crippen LogP contribution in [0.25, 0.3) is 0 Å². The highest BCUT2D eigenvalue weighted by molar-refractivity contribution is 7.12. The van der Waals surface area contributed by atoms with Gasteiger partial charge in [-0.2, -0.15) is 0 Å². The average molecular weight is 165 g/mol. The topological polar surface area (TPSA) is 12.4 Å². The first-order chi connectivity index (χ1) is 5.40. The van der Waals surface area contributed by atoms with E-state index in [2.05, 4.69) is 18.0 Å². The Morgan fingerprint density at radius 2 is 2.55 bits per heavy atom. The predicted octanol–water partition coefficient (Wildman–Crippen LogP) is 2.96. The van der Waals surface area contributed by atoms with E-state index in [0.717, 1.165) is 12.8 Å². The van der Waals surface area contributed by atoms with Crippen LogP contribution in [-0.4, -0.2) is 6.21 Å². The molecule has 0 radical (unpaired) electrons. The molecule has 0 aliphatic carbocycles. The molecule has 0 N–H and O–H groups in total. The lowest BCUT2D eigenvalue weighted by molar-refractivity contribution is 1.06. The molecule has 2 heteroatoms. The first kappa shape index (κ1) is 7.04. The van der Waals surface area contributed by atoms with E-state index in [1.165, 1.54) is 21.9 Å². The van der Waals surface area contributed by atoms with Gasteiger partial charge in [-0.1, -0.05) is 6.92 Å². The van der Waals surface area contributed by atoms with E-state index >= 15 is 0 Å². The van der Waals surface area contributed by atoms with E-state index in [9.17, 15) is 0 Å². The SMILES string of the molecule is CCc1cc2c(s1)CCC=N2. The standard InChI is InChI=1S/C9H11NS/c1-2-7-6-8-9(11-7)4-3-5-10-8/h5-6H,2-4H2,1H3. The number of thiophene rings is 1. The highest BCUT2D eigenvalue weighted by Crippen LogP contribution is 2.32. The van der Waals surface area contributed by atoms with Crippen LogP contribution >= 0.6 is 11.3 Å². The van der Waals surface area contributed by atoms with Crippen LogP contribution in [0.5, 0.6) is 0 Å². The molecule has 1 aliphatic rings. The molecule has 2 rings (SSSR count). The minimum Gasteiger partial charge on any atom is -0.260 e. The third-order valence-electron chi connectivity index (χ3n) is 1.92. The summed E-state index contributed by atoms with van der Waals surface area (Å²) in [4.78, 5) is 7.29. The van der Waals surface area contributed by atoms with Crippen LogP contribution in [0.2, 0.25) is 0 Å². The summed E-state index contributed by atoms with van der Waals surface area (Å²) in [6.07, 6.45) is 5.49. The summed E-state index contributed by atoms with van der Waals surface area (Å²) in [6.45, 7) is 2.20. The van der Waals surface area contributed by atoms with Gasteiger partial charge in [0.05, 0.1) is 5.69 Å². The molecular formula is C9H11NS. The van der Waals surface area contributed by atoms with Crippen LogP contribution in [0.15, 0.2) is 11.1 Å². The molecule has 1 aliphatic heterocycles. The van der Waals surface area contributed by atoms with Crippen molar-refractivity contribution in [1.29, 1.82) is 0 Å². The van der Waals surface area contributed by atoms with Crippen molar-refractivity contribution in [2.45, 2.75) is 26.2 Å². The quantitative estimate of drug-likeness (QED) is 0.606. The maximum absolute atomic E-state index is 4.35. The fraction of sp³-hybridized carbons (Fsp3) is 0.444. The van der Waals surface area contributed by atoms with Crippen molar-refractivity contribution < 1.29 is 0 Å². The van der Waals surface area contributed by atoms with Gasteiger partial charge in [0.2, 0.25) is 0 Å².